The van der Waals surface area contributed by atoms with E-state index < -0.39 is 6.04 Å². The van der Waals surface area contributed by atoms with Crippen LogP contribution in [0.4, 0.5) is 10.1 Å². The molecule has 0 saturated carbocycles. The zero-order valence-electron chi connectivity index (χ0n) is 17.8. The lowest BCUT2D eigenvalue weighted by molar-refractivity contribution is 0.0939. The Kier molecular flexibility index (Phi) is 6.53. The first-order valence-electron chi connectivity index (χ1n) is 10.6. The van der Waals surface area contributed by atoms with E-state index in [0.717, 1.165) is 43.9 Å². The molecule has 2 aliphatic rings. The van der Waals surface area contributed by atoms with Crippen molar-refractivity contribution in [3.8, 4) is 11.5 Å². The number of carbonyl (C=O) groups is 1. The van der Waals surface area contributed by atoms with Gasteiger partial charge in [-0.25, -0.2) is 4.39 Å². The van der Waals surface area contributed by atoms with Crippen LogP contribution in [0.15, 0.2) is 30.3 Å². The highest BCUT2D eigenvalue weighted by atomic mass is 35.5. The number of benzene rings is 2. The molecule has 31 heavy (non-hydrogen) atoms. The highest BCUT2D eigenvalue weighted by molar-refractivity contribution is 6.32. The van der Waals surface area contributed by atoms with Gasteiger partial charge < -0.3 is 24.6 Å². The Balaban J connectivity index is 1.55. The van der Waals surface area contributed by atoms with Crippen molar-refractivity contribution in [1.29, 1.82) is 0 Å². The van der Waals surface area contributed by atoms with Crippen LogP contribution >= 0.6 is 11.6 Å². The van der Waals surface area contributed by atoms with Crippen molar-refractivity contribution in [2.24, 2.45) is 0 Å². The van der Waals surface area contributed by atoms with Gasteiger partial charge in [-0.2, -0.15) is 0 Å². The van der Waals surface area contributed by atoms with Gasteiger partial charge in [0.1, 0.15) is 5.82 Å². The Morgan fingerprint density at radius 3 is 2.65 bits per heavy atom. The van der Waals surface area contributed by atoms with Crippen molar-refractivity contribution in [2.45, 2.75) is 19.4 Å². The molecule has 2 aliphatic heterocycles. The summed E-state index contributed by atoms with van der Waals surface area (Å²) in [5, 5.41) is 3.31. The van der Waals surface area contributed by atoms with E-state index in [4.69, 9.17) is 21.1 Å². The van der Waals surface area contributed by atoms with E-state index in [9.17, 15) is 9.18 Å². The molecule has 1 unspecified atom stereocenters. The Morgan fingerprint density at radius 1 is 1.13 bits per heavy atom. The third-order valence-electron chi connectivity index (χ3n) is 5.71. The second-order valence-corrected chi connectivity index (χ2v) is 8.43. The fourth-order valence-corrected chi connectivity index (χ4v) is 4.19. The number of amides is 1. The molecule has 2 heterocycles. The summed E-state index contributed by atoms with van der Waals surface area (Å²) in [6.07, 6.45) is 0.748. The van der Waals surface area contributed by atoms with Crippen LogP contribution in [0.2, 0.25) is 5.02 Å². The number of hydrogen-bond acceptors (Lipinski definition) is 5. The zero-order valence-corrected chi connectivity index (χ0v) is 18.5. The van der Waals surface area contributed by atoms with Crippen molar-refractivity contribution in [3.05, 3.63) is 52.3 Å². The number of anilines is 1. The van der Waals surface area contributed by atoms with Crippen LogP contribution in [0, 0.1) is 5.82 Å². The van der Waals surface area contributed by atoms with Gasteiger partial charge in [0.05, 0.1) is 24.3 Å². The smallest absolute Gasteiger partial charge is 0.251 e. The maximum Gasteiger partial charge on any atom is 0.251 e. The second kappa shape index (κ2) is 9.32. The second-order valence-electron chi connectivity index (χ2n) is 8.02. The van der Waals surface area contributed by atoms with E-state index in [1.807, 2.05) is 6.92 Å². The molecule has 0 radical (unpaired) electrons. The van der Waals surface area contributed by atoms with Gasteiger partial charge in [0.25, 0.3) is 5.91 Å². The molecule has 1 fully saturated rings. The lowest BCUT2D eigenvalue weighted by Gasteiger charge is -2.36. The summed E-state index contributed by atoms with van der Waals surface area (Å²) in [6.45, 7) is 6.46. The van der Waals surface area contributed by atoms with E-state index in [1.54, 1.807) is 18.2 Å². The molecule has 1 amide bonds. The summed E-state index contributed by atoms with van der Waals surface area (Å²) >= 11 is 6.33. The van der Waals surface area contributed by atoms with Crippen LogP contribution < -0.4 is 19.7 Å². The molecule has 1 saturated heterocycles. The molecule has 0 aromatic heterocycles. The first kappa shape index (κ1) is 21.7. The Labute approximate surface area is 186 Å². The van der Waals surface area contributed by atoms with Crippen molar-refractivity contribution in [3.63, 3.8) is 0 Å². The highest BCUT2D eigenvalue weighted by Gasteiger charge is 2.23. The van der Waals surface area contributed by atoms with Gasteiger partial charge in [-0.3, -0.25) is 4.79 Å². The third-order valence-corrected chi connectivity index (χ3v) is 5.99. The van der Waals surface area contributed by atoms with Crippen molar-refractivity contribution < 1.29 is 18.7 Å². The van der Waals surface area contributed by atoms with Gasteiger partial charge in [-0.15, -0.1) is 0 Å². The molecule has 0 aliphatic carbocycles. The number of rotatable bonds is 4. The molecule has 8 heteroatoms. The Morgan fingerprint density at radius 2 is 1.87 bits per heavy atom. The standard InChI is InChI=1S/C23H27ClFN3O3/c1-15(18-14-17(25)4-5-20(18)28-8-6-27(2)7-9-28)26-23(29)16-12-19(24)22-21(13-16)30-10-3-11-31-22/h4-5,12-15H,3,6-11H2,1-2H3,(H,26,29). The molecule has 0 bridgehead atoms. The van der Waals surface area contributed by atoms with Crippen molar-refractivity contribution >= 4 is 23.2 Å². The lowest BCUT2D eigenvalue weighted by atomic mass is 10.0. The van der Waals surface area contributed by atoms with Gasteiger partial charge >= 0.3 is 0 Å². The number of nitrogens with zero attached hydrogens (tertiary/aromatic N) is 2. The first-order chi connectivity index (χ1) is 14.9. The summed E-state index contributed by atoms with van der Waals surface area (Å²) in [6, 6.07) is 7.58. The molecule has 2 aromatic rings. The number of fused-ring (bicyclic) bond motifs is 1. The maximum atomic E-state index is 14.1. The third kappa shape index (κ3) is 4.88. The minimum absolute atomic E-state index is 0.307. The Bertz CT molecular complexity index is 963. The number of carbonyl (C=O) groups excluding carboxylic acids is 1. The summed E-state index contributed by atoms with van der Waals surface area (Å²) in [7, 11) is 2.09. The van der Waals surface area contributed by atoms with Crippen molar-refractivity contribution in [1.82, 2.24) is 10.2 Å². The number of piperazine rings is 1. The fourth-order valence-electron chi connectivity index (χ4n) is 3.93. The number of nitrogens with one attached hydrogen (secondary N) is 1. The summed E-state index contributed by atoms with van der Waals surface area (Å²) < 4.78 is 25.4. The normalized spacial score (nSPS) is 17.7. The topological polar surface area (TPSA) is 54.0 Å². The van der Waals surface area contributed by atoms with Crippen LogP contribution in [0.3, 0.4) is 0 Å². The van der Waals surface area contributed by atoms with E-state index in [1.165, 1.54) is 12.1 Å². The van der Waals surface area contributed by atoms with E-state index >= 15 is 0 Å². The van der Waals surface area contributed by atoms with E-state index in [2.05, 4.69) is 22.2 Å². The van der Waals surface area contributed by atoms with Gasteiger partial charge in [0.15, 0.2) is 11.5 Å². The predicted molar refractivity (Wildman–Crippen MR) is 119 cm³/mol. The highest BCUT2D eigenvalue weighted by Crippen LogP contribution is 2.38. The fraction of sp³-hybridized carbons (Fsp3) is 0.435. The number of hydrogen-bond donors (Lipinski definition) is 1. The average molecular weight is 448 g/mol. The minimum atomic E-state index is -0.396. The molecule has 0 spiro atoms. The molecule has 1 N–H and O–H groups in total. The summed E-state index contributed by atoms with van der Waals surface area (Å²) in [5.41, 5.74) is 2.07. The molecule has 166 valence electrons. The predicted octanol–water partition coefficient (Wildman–Crippen LogP) is 3.88. The zero-order chi connectivity index (χ0) is 22.0. The van der Waals surface area contributed by atoms with E-state index in [0.29, 0.717) is 35.3 Å². The van der Waals surface area contributed by atoms with Crippen molar-refractivity contribution in [2.75, 3.05) is 51.3 Å². The maximum absolute atomic E-state index is 14.1. The lowest BCUT2D eigenvalue weighted by Crippen LogP contribution is -2.45. The van der Waals surface area contributed by atoms with Gasteiger partial charge in [0.2, 0.25) is 0 Å². The quantitative estimate of drug-likeness (QED) is 0.770. The molecule has 6 nitrogen and oxygen atoms in total. The van der Waals surface area contributed by atoms with Gasteiger partial charge in [0, 0.05) is 49.4 Å². The molecular formula is C23H27ClFN3O3. The van der Waals surface area contributed by atoms with Gasteiger partial charge in [-0.05, 0) is 44.3 Å². The monoisotopic (exact) mass is 447 g/mol. The van der Waals surface area contributed by atoms with Crippen LogP contribution in [-0.2, 0) is 0 Å². The molecular weight excluding hydrogens is 421 g/mol. The largest absolute Gasteiger partial charge is 0.489 e. The molecule has 4 rings (SSSR count). The molecule has 2 aromatic carbocycles. The average Bonchev–Trinajstić information content (AvgIpc) is 3.00. The molecule has 1 atom stereocenters. The number of halogens is 2. The number of ether oxygens (including phenoxy) is 2. The Hall–Kier alpha value is -2.51. The van der Waals surface area contributed by atoms with Crippen LogP contribution in [0.1, 0.15) is 35.3 Å². The van der Waals surface area contributed by atoms with Crippen LogP contribution in [0.25, 0.3) is 0 Å². The van der Waals surface area contributed by atoms with Gasteiger partial charge in [-0.1, -0.05) is 11.6 Å². The SMILES string of the molecule is CC(NC(=O)c1cc(Cl)c2c(c1)OCCCO2)c1cc(F)ccc1N1CCN(C)CC1. The van der Waals surface area contributed by atoms with Crippen LogP contribution in [-0.4, -0.2) is 57.2 Å². The van der Waals surface area contributed by atoms with E-state index in [-0.39, 0.29) is 11.7 Å². The number of likely N-dealkylation sites (N-methyl/N-ethyl adjacent to an activating group) is 1. The summed E-state index contributed by atoms with van der Waals surface area (Å²) in [5.74, 6) is 0.296. The van der Waals surface area contributed by atoms with Crippen LogP contribution in [0.5, 0.6) is 11.5 Å². The summed E-state index contributed by atoms with van der Waals surface area (Å²) in [4.78, 5) is 17.5. The first-order valence-corrected chi connectivity index (χ1v) is 10.9. The minimum Gasteiger partial charge on any atom is -0.489 e.